The smallest absolute Gasteiger partial charge is 0.307 e. The summed E-state index contributed by atoms with van der Waals surface area (Å²) in [6.07, 6.45) is 1.21. The van der Waals surface area contributed by atoms with Crippen LogP contribution in [0.2, 0.25) is 0 Å². The second-order valence-electron chi connectivity index (χ2n) is 4.08. The molecule has 3 nitrogen and oxygen atoms in total. The molecule has 0 radical (unpaired) electrons. The number of carbonyl (C=O) groups is 1. The van der Waals surface area contributed by atoms with Crippen LogP contribution in [0.1, 0.15) is 32.3 Å². The average molecular weight is 235 g/mol. The van der Waals surface area contributed by atoms with E-state index in [9.17, 15) is 4.79 Å². The van der Waals surface area contributed by atoms with Crippen molar-refractivity contribution in [2.75, 3.05) is 13.7 Å². The lowest BCUT2D eigenvalue weighted by atomic mass is 9.84. The van der Waals surface area contributed by atoms with Gasteiger partial charge in [-0.25, -0.2) is 0 Å². The minimum absolute atomic E-state index is 0.184. The maximum Gasteiger partial charge on any atom is 0.307 e. The number of ether oxygens (including phenoxy) is 1. The first-order valence-electron chi connectivity index (χ1n) is 6.06. The van der Waals surface area contributed by atoms with Gasteiger partial charge in [0.15, 0.2) is 0 Å². The third-order valence-electron chi connectivity index (χ3n) is 3.12. The third kappa shape index (κ3) is 3.30. The van der Waals surface area contributed by atoms with Gasteiger partial charge in [0.05, 0.1) is 19.1 Å². The lowest BCUT2D eigenvalue weighted by molar-refractivity contribution is -0.142. The Morgan fingerprint density at radius 1 is 1.29 bits per heavy atom. The minimum Gasteiger partial charge on any atom is -0.469 e. The van der Waals surface area contributed by atoms with Crippen molar-refractivity contribution in [2.45, 2.75) is 32.2 Å². The van der Waals surface area contributed by atoms with Gasteiger partial charge in [0, 0.05) is 0 Å². The molecule has 0 spiro atoms. The van der Waals surface area contributed by atoms with Gasteiger partial charge in [0.25, 0.3) is 0 Å². The lowest BCUT2D eigenvalue weighted by Crippen LogP contribution is -2.43. The number of rotatable bonds is 6. The second-order valence-corrected chi connectivity index (χ2v) is 4.08. The number of methoxy groups -OCH3 is 1. The van der Waals surface area contributed by atoms with E-state index in [2.05, 4.69) is 24.4 Å². The third-order valence-corrected chi connectivity index (χ3v) is 3.12. The van der Waals surface area contributed by atoms with E-state index in [1.54, 1.807) is 0 Å². The van der Waals surface area contributed by atoms with Gasteiger partial charge in [-0.05, 0) is 18.5 Å². The number of hydrogen-bond acceptors (Lipinski definition) is 3. The van der Waals surface area contributed by atoms with Crippen LogP contribution in [-0.4, -0.2) is 19.6 Å². The molecular formula is C14H21NO2. The summed E-state index contributed by atoms with van der Waals surface area (Å²) in [7, 11) is 1.43. The van der Waals surface area contributed by atoms with Gasteiger partial charge in [-0.15, -0.1) is 0 Å². The second kappa shape index (κ2) is 6.40. The van der Waals surface area contributed by atoms with Crippen LogP contribution in [0, 0.1) is 0 Å². The molecule has 1 rings (SSSR count). The number of esters is 1. The average Bonchev–Trinajstić information content (AvgIpc) is 2.39. The van der Waals surface area contributed by atoms with Gasteiger partial charge in [0.2, 0.25) is 0 Å². The summed E-state index contributed by atoms with van der Waals surface area (Å²) in [5, 5.41) is 3.43. The Morgan fingerprint density at radius 3 is 2.41 bits per heavy atom. The zero-order chi connectivity index (χ0) is 12.7. The fraction of sp³-hybridized carbons (Fsp3) is 0.500. The highest BCUT2D eigenvalue weighted by Crippen LogP contribution is 2.29. The van der Waals surface area contributed by atoms with Gasteiger partial charge in [-0.2, -0.15) is 0 Å². The van der Waals surface area contributed by atoms with Crippen molar-refractivity contribution in [3.8, 4) is 0 Å². The molecule has 0 heterocycles. The number of benzene rings is 1. The van der Waals surface area contributed by atoms with Gasteiger partial charge in [-0.1, -0.05) is 44.2 Å². The molecule has 0 saturated carbocycles. The van der Waals surface area contributed by atoms with Crippen LogP contribution in [0.5, 0.6) is 0 Å². The topological polar surface area (TPSA) is 38.3 Å². The fourth-order valence-electron chi connectivity index (χ4n) is 2.13. The Hall–Kier alpha value is -1.35. The molecule has 1 aromatic carbocycles. The maximum absolute atomic E-state index is 11.6. The minimum atomic E-state index is -0.316. The molecule has 0 aliphatic heterocycles. The van der Waals surface area contributed by atoms with E-state index in [-0.39, 0.29) is 11.5 Å². The normalized spacial score (nSPS) is 14.1. The Kier molecular flexibility index (Phi) is 5.16. The molecule has 94 valence electrons. The van der Waals surface area contributed by atoms with Crippen molar-refractivity contribution in [1.82, 2.24) is 5.32 Å². The van der Waals surface area contributed by atoms with E-state index in [0.717, 1.165) is 18.5 Å². The molecule has 3 heteroatoms. The van der Waals surface area contributed by atoms with Crippen LogP contribution in [0.4, 0.5) is 0 Å². The summed E-state index contributed by atoms with van der Waals surface area (Å²) in [5.74, 6) is -0.184. The summed E-state index contributed by atoms with van der Waals surface area (Å²) in [4.78, 5) is 11.6. The summed E-state index contributed by atoms with van der Waals surface area (Å²) < 4.78 is 4.80. The molecule has 1 aromatic rings. The summed E-state index contributed by atoms with van der Waals surface area (Å²) in [5.41, 5.74) is 0.818. The lowest BCUT2D eigenvalue weighted by Gasteiger charge is -2.33. The van der Waals surface area contributed by atoms with Gasteiger partial charge in [-0.3, -0.25) is 4.79 Å². The molecular weight excluding hydrogens is 214 g/mol. The van der Waals surface area contributed by atoms with Crippen molar-refractivity contribution in [1.29, 1.82) is 0 Å². The maximum atomic E-state index is 11.6. The van der Waals surface area contributed by atoms with Crippen LogP contribution in [0.15, 0.2) is 30.3 Å². The summed E-state index contributed by atoms with van der Waals surface area (Å²) in [6.45, 7) is 4.95. The first kappa shape index (κ1) is 13.7. The van der Waals surface area contributed by atoms with Gasteiger partial charge in [0.1, 0.15) is 0 Å². The Labute approximate surface area is 103 Å². The zero-order valence-corrected chi connectivity index (χ0v) is 10.8. The molecule has 0 aliphatic rings. The zero-order valence-electron chi connectivity index (χ0n) is 10.8. The number of nitrogens with one attached hydrogen (secondary N) is 1. The van der Waals surface area contributed by atoms with Crippen LogP contribution < -0.4 is 5.32 Å². The molecule has 0 bridgehead atoms. The quantitative estimate of drug-likeness (QED) is 0.770. The SMILES string of the molecule is CCNC(CC)(CC(=O)OC)c1ccccc1. The first-order chi connectivity index (χ1) is 8.18. The first-order valence-corrected chi connectivity index (χ1v) is 6.06. The standard InChI is InChI=1S/C14H21NO2/c1-4-14(15-5-2,11-13(16)17-3)12-9-7-6-8-10-12/h6-10,15H,4-5,11H2,1-3H3. The summed E-state index contributed by atoms with van der Waals surface area (Å²) >= 11 is 0. The van der Waals surface area contributed by atoms with Gasteiger partial charge >= 0.3 is 5.97 Å². The van der Waals surface area contributed by atoms with E-state index in [1.165, 1.54) is 7.11 Å². The predicted molar refractivity (Wildman–Crippen MR) is 68.7 cm³/mol. The van der Waals surface area contributed by atoms with Crippen LogP contribution in [0.25, 0.3) is 0 Å². The van der Waals surface area contributed by atoms with E-state index < -0.39 is 0 Å². The largest absolute Gasteiger partial charge is 0.469 e. The fourth-order valence-corrected chi connectivity index (χ4v) is 2.13. The Bertz CT molecular complexity index is 350. The molecule has 0 aromatic heterocycles. The summed E-state index contributed by atoms with van der Waals surface area (Å²) in [6, 6.07) is 10.1. The molecule has 1 N–H and O–H groups in total. The molecule has 0 aliphatic carbocycles. The van der Waals surface area contributed by atoms with Gasteiger partial charge < -0.3 is 10.1 Å². The molecule has 1 unspecified atom stereocenters. The molecule has 17 heavy (non-hydrogen) atoms. The molecule has 0 amide bonds. The van der Waals surface area contributed by atoms with E-state index >= 15 is 0 Å². The monoisotopic (exact) mass is 235 g/mol. The highest BCUT2D eigenvalue weighted by molar-refractivity contribution is 5.71. The number of carbonyl (C=O) groups excluding carboxylic acids is 1. The van der Waals surface area contributed by atoms with Crippen LogP contribution in [0.3, 0.4) is 0 Å². The van der Waals surface area contributed by atoms with E-state index in [4.69, 9.17) is 4.74 Å². The van der Waals surface area contributed by atoms with Crippen molar-refractivity contribution in [2.24, 2.45) is 0 Å². The highest BCUT2D eigenvalue weighted by Gasteiger charge is 2.32. The van der Waals surface area contributed by atoms with Crippen LogP contribution >= 0.6 is 0 Å². The van der Waals surface area contributed by atoms with Crippen molar-refractivity contribution in [3.05, 3.63) is 35.9 Å². The molecule has 0 fully saturated rings. The highest BCUT2D eigenvalue weighted by atomic mass is 16.5. The Morgan fingerprint density at radius 2 is 1.94 bits per heavy atom. The molecule has 0 saturated heterocycles. The van der Waals surface area contributed by atoms with Crippen molar-refractivity contribution in [3.63, 3.8) is 0 Å². The van der Waals surface area contributed by atoms with Crippen LogP contribution in [-0.2, 0) is 15.1 Å². The van der Waals surface area contributed by atoms with Crippen molar-refractivity contribution < 1.29 is 9.53 Å². The van der Waals surface area contributed by atoms with E-state index in [1.807, 2.05) is 25.1 Å². The predicted octanol–water partition coefficient (Wildman–Crippen LogP) is 2.46. The van der Waals surface area contributed by atoms with Crippen molar-refractivity contribution >= 4 is 5.97 Å². The Balaban J connectivity index is 3.04. The van der Waals surface area contributed by atoms with E-state index in [0.29, 0.717) is 6.42 Å². The number of hydrogen-bond donors (Lipinski definition) is 1. The molecule has 1 atom stereocenters.